The van der Waals surface area contributed by atoms with E-state index in [1.807, 2.05) is 6.92 Å². The van der Waals surface area contributed by atoms with Gasteiger partial charge in [-0.3, -0.25) is 9.48 Å². The minimum atomic E-state index is -0.149. The first-order valence-electron chi connectivity index (χ1n) is 6.12. The number of rotatable bonds is 6. The average molecular weight is 260 g/mol. The molecule has 19 heavy (non-hydrogen) atoms. The molecule has 0 aliphatic heterocycles. The number of anilines is 1. The smallest absolute Gasteiger partial charge is 0.255 e. The van der Waals surface area contributed by atoms with E-state index in [1.54, 1.807) is 35.4 Å². The first-order chi connectivity index (χ1) is 9.31. The summed E-state index contributed by atoms with van der Waals surface area (Å²) in [5.41, 5.74) is 0.544. The lowest BCUT2D eigenvalue weighted by molar-refractivity contribution is 0.0952. The van der Waals surface area contributed by atoms with Crippen LogP contribution < -0.4 is 10.6 Å². The van der Waals surface area contributed by atoms with Crippen molar-refractivity contribution in [2.45, 2.75) is 13.5 Å². The normalized spacial score (nSPS) is 10.2. The van der Waals surface area contributed by atoms with E-state index in [0.717, 1.165) is 6.54 Å². The summed E-state index contributed by atoms with van der Waals surface area (Å²) in [6.07, 6.45) is 5.01. The maximum absolute atomic E-state index is 12.0. The predicted octanol–water partition coefficient (Wildman–Crippen LogP) is 0.535. The lowest BCUT2D eigenvalue weighted by Gasteiger charge is -2.09. The van der Waals surface area contributed by atoms with E-state index in [9.17, 15) is 4.79 Å². The summed E-state index contributed by atoms with van der Waals surface area (Å²) < 4.78 is 1.66. The van der Waals surface area contributed by atoms with Crippen LogP contribution in [0, 0.1) is 0 Å². The molecule has 0 aliphatic rings. The van der Waals surface area contributed by atoms with Gasteiger partial charge >= 0.3 is 0 Å². The molecule has 0 unspecified atom stereocenters. The van der Waals surface area contributed by atoms with Crippen molar-refractivity contribution in [3.05, 3.63) is 36.3 Å². The summed E-state index contributed by atoms with van der Waals surface area (Å²) in [6, 6.07) is 3.49. The highest BCUT2D eigenvalue weighted by Gasteiger charge is 2.10. The predicted molar refractivity (Wildman–Crippen MR) is 70.8 cm³/mol. The minimum Gasteiger partial charge on any atom is -0.370 e. The third-order valence-electron chi connectivity index (χ3n) is 2.49. The fourth-order valence-corrected chi connectivity index (χ4v) is 1.63. The Bertz CT molecular complexity index is 525. The fraction of sp³-hybridized carbons (Fsp3) is 0.333. The fourth-order valence-electron chi connectivity index (χ4n) is 1.63. The highest BCUT2D eigenvalue weighted by Crippen LogP contribution is 2.10. The summed E-state index contributed by atoms with van der Waals surface area (Å²) in [6.45, 7) is 3.75. The quantitative estimate of drug-likeness (QED) is 0.791. The van der Waals surface area contributed by atoms with Crippen molar-refractivity contribution in [1.82, 2.24) is 25.3 Å². The zero-order chi connectivity index (χ0) is 13.5. The third-order valence-corrected chi connectivity index (χ3v) is 2.49. The second kappa shape index (κ2) is 6.48. The summed E-state index contributed by atoms with van der Waals surface area (Å²) in [5, 5.41) is 13.4. The van der Waals surface area contributed by atoms with Crippen LogP contribution in [0.1, 0.15) is 17.3 Å². The molecule has 0 saturated heterocycles. The van der Waals surface area contributed by atoms with Crippen LogP contribution in [0.15, 0.2) is 30.7 Å². The van der Waals surface area contributed by atoms with Gasteiger partial charge in [-0.15, -0.1) is 5.10 Å². The Morgan fingerprint density at radius 2 is 2.32 bits per heavy atom. The standard InChI is InChI=1S/C12H16N6O/c1-2-13-11-10(4-3-5-14-11)12(19)15-6-8-18-9-7-16-17-18/h3-5,7,9H,2,6,8H2,1H3,(H,13,14)(H,15,19). The molecule has 1 amide bonds. The summed E-state index contributed by atoms with van der Waals surface area (Å²) in [5.74, 6) is 0.451. The Morgan fingerprint density at radius 1 is 1.42 bits per heavy atom. The zero-order valence-corrected chi connectivity index (χ0v) is 10.7. The topological polar surface area (TPSA) is 84.7 Å². The number of nitrogens with zero attached hydrogens (tertiary/aromatic N) is 4. The molecule has 7 nitrogen and oxygen atoms in total. The van der Waals surface area contributed by atoms with Crippen LogP contribution in [0.25, 0.3) is 0 Å². The Kier molecular flexibility index (Phi) is 4.44. The molecule has 2 rings (SSSR count). The van der Waals surface area contributed by atoms with Gasteiger partial charge in [0.1, 0.15) is 5.82 Å². The number of carbonyl (C=O) groups excluding carboxylic acids is 1. The molecule has 0 fully saturated rings. The van der Waals surface area contributed by atoms with E-state index in [4.69, 9.17) is 0 Å². The van der Waals surface area contributed by atoms with Crippen LogP contribution in [0.3, 0.4) is 0 Å². The molecule has 0 atom stereocenters. The van der Waals surface area contributed by atoms with Gasteiger partial charge in [-0.2, -0.15) is 0 Å². The largest absolute Gasteiger partial charge is 0.370 e. The van der Waals surface area contributed by atoms with Crippen molar-refractivity contribution in [2.24, 2.45) is 0 Å². The summed E-state index contributed by atoms with van der Waals surface area (Å²) in [4.78, 5) is 16.2. The van der Waals surface area contributed by atoms with Crippen molar-refractivity contribution in [3.63, 3.8) is 0 Å². The third kappa shape index (κ3) is 3.51. The molecule has 2 aromatic rings. The lowest BCUT2D eigenvalue weighted by Crippen LogP contribution is -2.28. The molecule has 2 heterocycles. The maximum Gasteiger partial charge on any atom is 0.255 e. The first kappa shape index (κ1) is 13.0. The van der Waals surface area contributed by atoms with Crippen LogP contribution in [-0.4, -0.2) is 39.0 Å². The van der Waals surface area contributed by atoms with E-state index in [2.05, 4.69) is 25.9 Å². The van der Waals surface area contributed by atoms with Crippen LogP contribution in [0.2, 0.25) is 0 Å². The van der Waals surface area contributed by atoms with Crippen LogP contribution in [0.4, 0.5) is 5.82 Å². The number of nitrogens with one attached hydrogen (secondary N) is 2. The highest BCUT2D eigenvalue weighted by molar-refractivity contribution is 5.98. The maximum atomic E-state index is 12.0. The Hall–Kier alpha value is -2.44. The van der Waals surface area contributed by atoms with Gasteiger partial charge in [0.2, 0.25) is 0 Å². The van der Waals surface area contributed by atoms with Gasteiger partial charge in [-0.25, -0.2) is 4.98 Å². The van der Waals surface area contributed by atoms with E-state index in [1.165, 1.54) is 0 Å². The number of aromatic nitrogens is 4. The molecular weight excluding hydrogens is 244 g/mol. The SMILES string of the molecule is CCNc1ncccc1C(=O)NCCn1ccnn1. The first-order valence-corrected chi connectivity index (χ1v) is 6.12. The summed E-state index contributed by atoms with van der Waals surface area (Å²) in [7, 11) is 0. The van der Waals surface area contributed by atoms with Crippen LogP contribution in [0.5, 0.6) is 0 Å². The van der Waals surface area contributed by atoms with E-state index in [-0.39, 0.29) is 5.91 Å². The zero-order valence-electron chi connectivity index (χ0n) is 10.7. The molecule has 0 bridgehead atoms. The molecule has 7 heteroatoms. The van der Waals surface area contributed by atoms with Gasteiger partial charge < -0.3 is 10.6 Å². The monoisotopic (exact) mass is 260 g/mol. The van der Waals surface area contributed by atoms with Crippen molar-refractivity contribution >= 4 is 11.7 Å². The van der Waals surface area contributed by atoms with Crippen molar-refractivity contribution < 1.29 is 4.79 Å². The van der Waals surface area contributed by atoms with Crippen molar-refractivity contribution in [2.75, 3.05) is 18.4 Å². The number of pyridine rings is 1. The molecule has 0 aliphatic carbocycles. The lowest BCUT2D eigenvalue weighted by atomic mass is 10.2. The molecule has 100 valence electrons. The van der Waals surface area contributed by atoms with Crippen molar-refractivity contribution in [3.8, 4) is 0 Å². The Balaban J connectivity index is 1.92. The van der Waals surface area contributed by atoms with Gasteiger partial charge in [-0.05, 0) is 19.1 Å². The van der Waals surface area contributed by atoms with Crippen molar-refractivity contribution in [1.29, 1.82) is 0 Å². The van der Waals surface area contributed by atoms with Gasteiger partial charge in [0.05, 0.1) is 18.3 Å². The minimum absolute atomic E-state index is 0.149. The summed E-state index contributed by atoms with van der Waals surface area (Å²) >= 11 is 0. The van der Waals surface area contributed by atoms with Crippen LogP contribution in [-0.2, 0) is 6.54 Å². The molecule has 0 spiro atoms. The number of amides is 1. The molecule has 0 aromatic carbocycles. The van der Waals surface area contributed by atoms with Gasteiger partial charge in [0.25, 0.3) is 5.91 Å². The average Bonchev–Trinajstić information content (AvgIpc) is 2.93. The number of carbonyl (C=O) groups is 1. The molecule has 0 saturated carbocycles. The number of hydrogen-bond acceptors (Lipinski definition) is 5. The van der Waals surface area contributed by atoms with E-state index >= 15 is 0 Å². The van der Waals surface area contributed by atoms with Gasteiger partial charge in [-0.1, -0.05) is 5.21 Å². The van der Waals surface area contributed by atoms with Gasteiger partial charge in [0.15, 0.2) is 0 Å². The Morgan fingerprint density at radius 3 is 3.05 bits per heavy atom. The number of hydrogen-bond donors (Lipinski definition) is 2. The molecule has 2 N–H and O–H groups in total. The van der Waals surface area contributed by atoms with Gasteiger partial charge in [0, 0.05) is 25.5 Å². The molecule has 0 radical (unpaired) electrons. The Labute approximate surface area is 111 Å². The highest BCUT2D eigenvalue weighted by atomic mass is 16.1. The van der Waals surface area contributed by atoms with Crippen LogP contribution >= 0.6 is 0 Å². The second-order valence-electron chi connectivity index (χ2n) is 3.85. The van der Waals surface area contributed by atoms with E-state index < -0.39 is 0 Å². The molecular formula is C12H16N6O. The van der Waals surface area contributed by atoms with E-state index in [0.29, 0.717) is 24.5 Å². The molecule has 2 aromatic heterocycles. The second-order valence-corrected chi connectivity index (χ2v) is 3.85.